The van der Waals surface area contributed by atoms with Crippen molar-refractivity contribution in [2.75, 3.05) is 5.73 Å². The molecule has 6 nitrogen and oxygen atoms in total. The van der Waals surface area contributed by atoms with Crippen molar-refractivity contribution < 1.29 is 13.9 Å². The second-order valence-electron chi connectivity index (χ2n) is 5.86. The lowest BCUT2D eigenvalue weighted by molar-refractivity contribution is 0.0462. The number of anilines is 1. The Labute approximate surface area is 142 Å². The van der Waals surface area contributed by atoms with E-state index in [0.717, 1.165) is 23.1 Å². The number of aromatic nitrogens is 2. The smallest absolute Gasteiger partial charge is 0.341 e. The Bertz CT molecular complexity index is 886. The van der Waals surface area contributed by atoms with Crippen molar-refractivity contribution in [3.63, 3.8) is 0 Å². The number of rotatable bonds is 3. The molecule has 1 aliphatic carbocycles. The monoisotopic (exact) mass is 343 g/mol. The fourth-order valence-electron chi connectivity index (χ4n) is 3.07. The van der Waals surface area contributed by atoms with Crippen LogP contribution in [0.25, 0.3) is 10.2 Å². The first kappa shape index (κ1) is 15.1. The molecule has 0 saturated heterocycles. The molecule has 0 unspecified atom stereocenters. The Kier molecular flexibility index (Phi) is 3.93. The molecule has 124 valence electrons. The molecule has 0 fully saturated rings. The van der Waals surface area contributed by atoms with Gasteiger partial charge >= 0.3 is 5.97 Å². The molecule has 0 atom stereocenters. The van der Waals surface area contributed by atoms with Gasteiger partial charge in [0.25, 0.3) is 0 Å². The first-order chi connectivity index (χ1) is 11.7. The third-order valence-electron chi connectivity index (χ3n) is 4.23. The van der Waals surface area contributed by atoms with Crippen LogP contribution in [0.4, 0.5) is 5.82 Å². The summed E-state index contributed by atoms with van der Waals surface area (Å²) >= 11 is 1.69. The Hall–Kier alpha value is -2.41. The van der Waals surface area contributed by atoms with Gasteiger partial charge in [0, 0.05) is 4.88 Å². The van der Waals surface area contributed by atoms with Gasteiger partial charge in [-0.2, -0.15) is 0 Å². The summed E-state index contributed by atoms with van der Waals surface area (Å²) in [5.41, 5.74) is 7.86. The molecule has 7 heteroatoms. The molecule has 3 heterocycles. The Balaban J connectivity index is 1.60. The van der Waals surface area contributed by atoms with Gasteiger partial charge in [-0.15, -0.1) is 11.3 Å². The van der Waals surface area contributed by atoms with Crippen molar-refractivity contribution in [2.24, 2.45) is 0 Å². The molecule has 0 spiro atoms. The molecule has 0 saturated carbocycles. The highest BCUT2D eigenvalue weighted by atomic mass is 32.1. The van der Waals surface area contributed by atoms with Crippen LogP contribution in [0.5, 0.6) is 0 Å². The standard InChI is InChI=1S/C17H17N3O3S/c18-15-14-11-4-2-1-3-5-12(11)24-16(14)20-13(19-15)9-23-17(21)10-6-7-22-8-10/h6-8H,1-5,9H2,(H2,18,19,20). The molecule has 3 aromatic rings. The van der Waals surface area contributed by atoms with Crippen LogP contribution in [0.2, 0.25) is 0 Å². The number of furan rings is 1. The lowest BCUT2D eigenvalue weighted by Gasteiger charge is -2.05. The number of aryl methyl sites for hydroxylation is 2. The number of nitrogen functional groups attached to an aromatic ring is 1. The van der Waals surface area contributed by atoms with E-state index in [2.05, 4.69) is 9.97 Å². The fraction of sp³-hybridized carbons (Fsp3) is 0.353. The summed E-state index contributed by atoms with van der Waals surface area (Å²) in [7, 11) is 0. The molecular formula is C17H17N3O3S. The zero-order valence-electron chi connectivity index (χ0n) is 13.1. The number of nitrogens with two attached hydrogens (primary N) is 1. The zero-order chi connectivity index (χ0) is 16.5. The molecule has 0 bridgehead atoms. The average Bonchev–Trinajstić information content (AvgIpc) is 3.16. The van der Waals surface area contributed by atoms with E-state index in [1.807, 2.05) is 0 Å². The fourth-order valence-corrected chi connectivity index (χ4v) is 4.35. The van der Waals surface area contributed by atoms with Gasteiger partial charge in [-0.3, -0.25) is 0 Å². The number of thiophene rings is 1. The molecule has 1 aliphatic rings. The molecular weight excluding hydrogens is 326 g/mol. The number of ether oxygens (including phenoxy) is 1. The molecule has 0 amide bonds. The zero-order valence-corrected chi connectivity index (χ0v) is 13.9. The third kappa shape index (κ3) is 2.75. The second kappa shape index (κ2) is 6.24. The third-order valence-corrected chi connectivity index (χ3v) is 5.41. The van der Waals surface area contributed by atoms with Crippen LogP contribution < -0.4 is 5.73 Å². The molecule has 2 N–H and O–H groups in total. The van der Waals surface area contributed by atoms with Crippen LogP contribution in [-0.2, 0) is 24.2 Å². The van der Waals surface area contributed by atoms with Crippen LogP contribution in [-0.4, -0.2) is 15.9 Å². The van der Waals surface area contributed by atoms with E-state index >= 15 is 0 Å². The summed E-state index contributed by atoms with van der Waals surface area (Å²) in [5.74, 6) is 0.440. The number of nitrogens with zero attached hydrogens (tertiary/aromatic N) is 2. The van der Waals surface area contributed by atoms with Crippen LogP contribution >= 0.6 is 11.3 Å². The summed E-state index contributed by atoms with van der Waals surface area (Å²) in [6, 6.07) is 1.55. The van der Waals surface area contributed by atoms with Crippen LogP contribution in [0.3, 0.4) is 0 Å². The topological polar surface area (TPSA) is 91.2 Å². The predicted molar refractivity (Wildman–Crippen MR) is 90.9 cm³/mol. The summed E-state index contributed by atoms with van der Waals surface area (Å²) in [6.45, 7) is -0.00722. The van der Waals surface area contributed by atoms with Gasteiger partial charge in [0.15, 0.2) is 12.4 Å². The van der Waals surface area contributed by atoms with E-state index in [0.29, 0.717) is 17.2 Å². The number of esters is 1. The number of hydrogen-bond donors (Lipinski definition) is 1. The van der Waals surface area contributed by atoms with Crippen molar-refractivity contribution >= 4 is 33.3 Å². The van der Waals surface area contributed by atoms with Gasteiger partial charge in [-0.1, -0.05) is 6.42 Å². The van der Waals surface area contributed by atoms with Crippen molar-refractivity contribution in [3.8, 4) is 0 Å². The van der Waals surface area contributed by atoms with Crippen LogP contribution in [0, 0.1) is 0 Å². The van der Waals surface area contributed by atoms with Crippen LogP contribution in [0.15, 0.2) is 23.0 Å². The highest BCUT2D eigenvalue weighted by Gasteiger charge is 2.19. The van der Waals surface area contributed by atoms with E-state index in [1.54, 1.807) is 17.4 Å². The minimum Gasteiger partial charge on any atom is -0.472 e. The van der Waals surface area contributed by atoms with E-state index < -0.39 is 5.97 Å². The van der Waals surface area contributed by atoms with Gasteiger partial charge in [-0.25, -0.2) is 14.8 Å². The van der Waals surface area contributed by atoms with Gasteiger partial charge < -0.3 is 14.9 Å². The molecule has 4 rings (SSSR count). The molecule has 24 heavy (non-hydrogen) atoms. The summed E-state index contributed by atoms with van der Waals surface area (Å²) in [6.07, 6.45) is 8.54. The Morgan fingerprint density at radius 1 is 1.29 bits per heavy atom. The lowest BCUT2D eigenvalue weighted by Crippen LogP contribution is -2.08. The van der Waals surface area contributed by atoms with E-state index in [1.165, 1.54) is 42.2 Å². The van der Waals surface area contributed by atoms with Crippen molar-refractivity contribution in [2.45, 2.75) is 38.7 Å². The Morgan fingerprint density at radius 3 is 3.00 bits per heavy atom. The highest BCUT2D eigenvalue weighted by molar-refractivity contribution is 7.19. The van der Waals surface area contributed by atoms with Crippen LogP contribution in [0.1, 0.15) is 45.9 Å². The van der Waals surface area contributed by atoms with Crippen molar-refractivity contribution in [3.05, 3.63) is 40.4 Å². The normalized spacial score (nSPS) is 14.3. The van der Waals surface area contributed by atoms with Crippen molar-refractivity contribution in [1.82, 2.24) is 9.97 Å². The van der Waals surface area contributed by atoms with E-state index in [4.69, 9.17) is 14.9 Å². The highest BCUT2D eigenvalue weighted by Crippen LogP contribution is 2.37. The van der Waals surface area contributed by atoms with Gasteiger partial charge in [0.2, 0.25) is 0 Å². The first-order valence-corrected chi connectivity index (χ1v) is 8.80. The SMILES string of the molecule is Nc1nc(COC(=O)c2ccoc2)nc2sc3c(c12)CCCCC3. The second-order valence-corrected chi connectivity index (χ2v) is 6.94. The largest absolute Gasteiger partial charge is 0.472 e. The maximum Gasteiger partial charge on any atom is 0.341 e. The van der Waals surface area contributed by atoms with Crippen molar-refractivity contribution in [1.29, 1.82) is 0 Å². The summed E-state index contributed by atoms with van der Waals surface area (Å²) in [4.78, 5) is 23.0. The number of hydrogen-bond acceptors (Lipinski definition) is 7. The average molecular weight is 343 g/mol. The number of carbonyl (C=O) groups is 1. The maximum atomic E-state index is 11.9. The minimum atomic E-state index is -0.465. The van der Waals surface area contributed by atoms with E-state index in [9.17, 15) is 4.79 Å². The summed E-state index contributed by atoms with van der Waals surface area (Å²) < 4.78 is 10.1. The maximum absolute atomic E-state index is 11.9. The first-order valence-electron chi connectivity index (χ1n) is 7.98. The lowest BCUT2D eigenvalue weighted by atomic mass is 10.1. The molecule has 0 aliphatic heterocycles. The molecule has 0 radical (unpaired) electrons. The minimum absolute atomic E-state index is 0.00722. The van der Waals surface area contributed by atoms with Gasteiger partial charge in [0.1, 0.15) is 16.9 Å². The van der Waals surface area contributed by atoms with Gasteiger partial charge in [0.05, 0.1) is 17.2 Å². The van der Waals surface area contributed by atoms with Gasteiger partial charge in [-0.05, 0) is 37.3 Å². The quantitative estimate of drug-likeness (QED) is 0.578. The Morgan fingerprint density at radius 2 is 2.17 bits per heavy atom. The predicted octanol–water partition coefficient (Wildman–Crippen LogP) is 3.49. The number of carbonyl (C=O) groups excluding carboxylic acids is 1. The number of fused-ring (bicyclic) bond motifs is 3. The van der Waals surface area contributed by atoms with E-state index in [-0.39, 0.29) is 6.61 Å². The molecule has 3 aromatic heterocycles. The molecule has 0 aromatic carbocycles. The summed E-state index contributed by atoms with van der Waals surface area (Å²) in [5, 5.41) is 0.988.